The summed E-state index contributed by atoms with van der Waals surface area (Å²) in [4.78, 5) is 14.1. The van der Waals surface area contributed by atoms with Gasteiger partial charge in [0, 0.05) is 42.9 Å². The maximum absolute atomic E-state index is 12.4. The van der Waals surface area contributed by atoms with E-state index < -0.39 is 0 Å². The number of fused-ring (bicyclic) bond motifs is 3. The van der Waals surface area contributed by atoms with E-state index in [1.165, 1.54) is 27.7 Å². The Morgan fingerprint density at radius 1 is 1.00 bits per heavy atom. The average molecular weight is 412 g/mol. The standard InChI is InChI=1S/C28H31N2O/c1-5-6-19-30-25-17-16-22-12-10-11-15-24(22)27(25)28(3,4)26(30)18-20-29(21(2)31)23-13-8-7-9-14-23/h7-18,20H,5-6,19H2,1-4H3/q+1. The maximum atomic E-state index is 12.4. The van der Waals surface area contributed by atoms with Crippen LogP contribution in [0, 0.1) is 0 Å². The summed E-state index contributed by atoms with van der Waals surface area (Å²) in [5, 5.41) is 2.58. The van der Waals surface area contributed by atoms with Gasteiger partial charge < -0.3 is 0 Å². The van der Waals surface area contributed by atoms with Gasteiger partial charge in [-0.3, -0.25) is 9.69 Å². The van der Waals surface area contributed by atoms with Gasteiger partial charge in [0.05, 0.1) is 5.41 Å². The summed E-state index contributed by atoms with van der Waals surface area (Å²) in [6.07, 6.45) is 6.33. The third-order valence-corrected chi connectivity index (χ3v) is 6.24. The number of amides is 1. The normalized spacial score (nSPS) is 15.0. The molecule has 0 atom stereocenters. The number of hydrogen-bond donors (Lipinski definition) is 0. The van der Waals surface area contributed by atoms with Gasteiger partial charge in [0.15, 0.2) is 5.71 Å². The molecule has 1 amide bonds. The molecule has 0 spiro atoms. The second kappa shape index (κ2) is 8.50. The first kappa shape index (κ1) is 21.0. The minimum Gasteiger partial charge on any atom is -0.288 e. The molecule has 3 nitrogen and oxygen atoms in total. The molecule has 0 N–H and O–H groups in total. The van der Waals surface area contributed by atoms with Crippen LogP contribution in [0.1, 0.15) is 46.1 Å². The molecule has 0 bridgehead atoms. The molecular formula is C28H31N2O+. The van der Waals surface area contributed by atoms with Crippen LogP contribution in [-0.2, 0) is 10.2 Å². The second-order valence-electron chi connectivity index (χ2n) is 8.74. The number of anilines is 1. The molecule has 3 aromatic rings. The summed E-state index contributed by atoms with van der Waals surface area (Å²) in [5.41, 5.74) is 4.60. The van der Waals surface area contributed by atoms with Crippen molar-refractivity contribution in [2.24, 2.45) is 0 Å². The lowest BCUT2D eigenvalue weighted by molar-refractivity contribution is -0.438. The fourth-order valence-electron chi connectivity index (χ4n) is 4.70. The maximum Gasteiger partial charge on any atom is 0.227 e. The zero-order chi connectivity index (χ0) is 22.0. The molecule has 158 valence electrons. The number of unbranched alkanes of at least 4 members (excludes halogenated alkanes) is 1. The number of nitrogens with zero attached hydrogens (tertiary/aromatic N) is 2. The Balaban J connectivity index is 1.84. The minimum absolute atomic E-state index is 0.00178. The Morgan fingerprint density at radius 2 is 1.71 bits per heavy atom. The molecule has 0 fully saturated rings. The minimum atomic E-state index is -0.167. The quantitative estimate of drug-likeness (QED) is 0.420. The molecule has 0 radical (unpaired) electrons. The zero-order valence-electron chi connectivity index (χ0n) is 18.9. The number of rotatable bonds is 6. The highest BCUT2D eigenvalue weighted by molar-refractivity contribution is 6.08. The Labute approximate surface area is 185 Å². The van der Waals surface area contributed by atoms with Crippen LogP contribution in [0.25, 0.3) is 10.8 Å². The van der Waals surface area contributed by atoms with Gasteiger partial charge in [0.25, 0.3) is 0 Å². The van der Waals surface area contributed by atoms with E-state index in [-0.39, 0.29) is 11.3 Å². The van der Waals surface area contributed by atoms with Crippen molar-refractivity contribution >= 4 is 33.8 Å². The lowest BCUT2D eigenvalue weighted by Gasteiger charge is -2.19. The van der Waals surface area contributed by atoms with Gasteiger partial charge in [0.2, 0.25) is 11.6 Å². The van der Waals surface area contributed by atoms with Crippen molar-refractivity contribution in [2.75, 3.05) is 11.4 Å². The largest absolute Gasteiger partial charge is 0.288 e. The van der Waals surface area contributed by atoms with Crippen molar-refractivity contribution in [3.8, 4) is 0 Å². The SMILES string of the molecule is CCCC[N+]1=C(/C=C/N(C(C)=O)c2ccccc2)C(C)(C)c2c1ccc1ccccc21. The van der Waals surface area contributed by atoms with Crippen LogP contribution in [-0.4, -0.2) is 22.7 Å². The summed E-state index contributed by atoms with van der Waals surface area (Å²) in [7, 11) is 0. The predicted octanol–water partition coefficient (Wildman–Crippen LogP) is 6.58. The van der Waals surface area contributed by atoms with Gasteiger partial charge in [-0.25, -0.2) is 0 Å². The Morgan fingerprint density at radius 3 is 2.42 bits per heavy atom. The van der Waals surface area contributed by atoms with E-state index in [1.54, 1.807) is 11.8 Å². The first-order chi connectivity index (χ1) is 14.9. The van der Waals surface area contributed by atoms with E-state index in [4.69, 9.17) is 0 Å². The Hall–Kier alpha value is -3.20. The molecule has 31 heavy (non-hydrogen) atoms. The van der Waals surface area contributed by atoms with Crippen molar-refractivity contribution in [2.45, 2.75) is 46.0 Å². The van der Waals surface area contributed by atoms with Crippen LogP contribution < -0.4 is 4.90 Å². The smallest absolute Gasteiger partial charge is 0.227 e. The highest BCUT2D eigenvalue weighted by atomic mass is 16.2. The molecule has 0 aromatic heterocycles. The number of allylic oxidation sites excluding steroid dienone is 1. The van der Waals surface area contributed by atoms with E-state index in [9.17, 15) is 4.79 Å². The van der Waals surface area contributed by atoms with Gasteiger partial charge >= 0.3 is 0 Å². The molecule has 3 heteroatoms. The van der Waals surface area contributed by atoms with E-state index in [2.05, 4.69) is 67.8 Å². The third kappa shape index (κ3) is 3.81. The van der Waals surface area contributed by atoms with Gasteiger partial charge in [-0.15, -0.1) is 0 Å². The van der Waals surface area contributed by atoms with Crippen molar-refractivity contribution in [1.82, 2.24) is 0 Å². The van der Waals surface area contributed by atoms with Gasteiger partial charge in [-0.1, -0.05) is 55.8 Å². The molecule has 0 saturated carbocycles. The number of hydrogen-bond acceptors (Lipinski definition) is 1. The van der Waals surface area contributed by atoms with Crippen LogP contribution in [0.4, 0.5) is 11.4 Å². The fraction of sp³-hybridized carbons (Fsp3) is 0.286. The highest BCUT2D eigenvalue weighted by Crippen LogP contribution is 2.44. The van der Waals surface area contributed by atoms with Crippen LogP contribution >= 0.6 is 0 Å². The lowest BCUT2D eigenvalue weighted by atomic mass is 9.79. The summed E-state index contributed by atoms with van der Waals surface area (Å²) >= 11 is 0. The Bertz CT molecular complexity index is 1170. The van der Waals surface area contributed by atoms with Gasteiger partial charge in [-0.05, 0) is 42.8 Å². The molecule has 4 rings (SSSR count). The number of benzene rings is 3. The molecule has 0 saturated heterocycles. The van der Waals surface area contributed by atoms with Crippen molar-refractivity contribution < 1.29 is 9.37 Å². The van der Waals surface area contributed by atoms with Crippen molar-refractivity contribution in [3.05, 3.63) is 84.6 Å². The molecule has 0 unspecified atom stereocenters. The van der Waals surface area contributed by atoms with E-state index >= 15 is 0 Å². The van der Waals surface area contributed by atoms with Crippen LogP contribution in [0.3, 0.4) is 0 Å². The average Bonchev–Trinajstić information content (AvgIpc) is 2.99. The first-order valence-corrected chi connectivity index (χ1v) is 11.2. The van der Waals surface area contributed by atoms with E-state index in [0.29, 0.717) is 0 Å². The van der Waals surface area contributed by atoms with Gasteiger partial charge in [-0.2, -0.15) is 4.58 Å². The number of para-hydroxylation sites is 1. The predicted molar refractivity (Wildman–Crippen MR) is 130 cm³/mol. The van der Waals surface area contributed by atoms with Crippen molar-refractivity contribution in [3.63, 3.8) is 0 Å². The molecule has 1 heterocycles. The fourth-order valence-corrected chi connectivity index (χ4v) is 4.70. The Kier molecular flexibility index (Phi) is 5.77. The zero-order valence-corrected chi connectivity index (χ0v) is 18.9. The summed E-state index contributed by atoms with van der Waals surface area (Å²) in [6.45, 7) is 9.40. The van der Waals surface area contributed by atoms with Crippen molar-refractivity contribution in [1.29, 1.82) is 0 Å². The first-order valence-electron chi connectivity index (χ1n) is 11.2. The van der Waals surface area contributed by atoms with Gasteiger partial charge in [0.1, 0.15) is 6.54 Å². The van der Waals surface area contributed by atoms with Crippen LogP contribution in [0.5, 0.6) is 0 Å². The van der Waals surface area contributed by atoms with Crippen LogP contribution in [0.15, 0.2) is 79.0 Å². The lowest BCUT2D eigenvalue weighted by Crippen LogP contribution is -2.30. The molecular weight excluding hydrogens is 380 g/mol. The number of carbonyl (C=O) groups is 1. The summed E-state index contributed by atoms with van der Waals surface area (Å²) in [6, 6.07) is 22.9. The molecule has 1 aliphatic heterocycles. The monoisotopic (exact) mass is 411 g/mol. The summed E-state index contributed by atoms with van der Waals surface area (Å²) in [5.74, 6) is 0.00178. The van der Waals surface area contributed by atoms with Crippen LogP contribution in [0.2, 0.25) is 0 Å². The highest BCUT2D eigenvalue weighted by Gasteiger charge is 2.45. The van der Waals surface area contributed by atoms with E-state index in [1.807, 2.05) is 36.5 Å². The van der Waals surface area contributed by atoms with E-state index in [0.717, 1.165) is 25.1 Å². The third-order valence-electron chi connectivity index (χ3n) is 6.24. The topological polar surface area (TPSA) is 23.3 Å². The molecule has 1 aliphatic rings. The number of carbonyl (C=O) groups excluding carboxylic acids is 1. The molecule has 0 aliphatic carbocycles. The summed E-state index contributed by atoms with van der Waals surface area (Å²) < 4.78 is 2.45. The molecule has 3 aromatic carbocycles. The second-order valence-corrected chi connectivity index (χ2v) is 8.74.